The van der Waals surface area contributed by atoms with Crippen molar-refractivity contribution in [1.82, 2.24) is 10.2 Å². The van der Waals surface area contributed by atoms with E-state index in [2.05, 4.69) is 38.0 Å². The van der Waals surface area contributed by atoms with Crippen molar-refractivity contribution < 1.29 is 4.74 Å². The number of hydrogen-bond acceptors (Lipinski definition) is 3. The summed E-state index contributed by atoms with van der Waals surface area (Å²) in [6.45, 7) is 10.5. The van der Waals surface area contributed by atoms with E-state index in [1.807, 2.05) is 0 Å². The number of ether oxygens (including phenoxy) is 1. The summed E-state index contributed by atoms with van der Waals surface area (Å²) in [6.07, 6.45) is 1.08. The van der Waals surface area contributed by atoms with Gasteiger partial charge in [-0.05, 0) is 27.3 Å². The Kier molecular flexibility index (Phi) is 4.35. The lowest BCUT2D eigenvalue weighted by Crippen LogP contribution is -2.55. The van der Waals surface area contributed by atoms with Crippen LogP contribution < -0.4 is 5.32 Å². The zero-order valence-corrected chi connectivity index (χ0v) is 9.97. The molecule has 14 heavy (non-hydrogen) atoms. The molecular weight excluding hydrogens is 176 g/mol. The van der Waals surface area contributed by atoms with Gasteiger partial charge in [0.15, 0.2) is 0 Å². The first-order valence-electron chi connectivity index (χ1n) is 5.64. The SMILES string of the molecule is CCC1(CN(C)C(C)C)CNCCO1. The van der Waals surface area contributed by atoms with Gasteiger partial charge in [-0.15, -0.1) is 0 Å². The molecule has 0 amide bonds. The molecule has 0 radical (unpaired) electrons. The van der Waals surface area contributed by atoms with Gasteiger partial charge in [-0.3, -0.25) is 0 Å². The van der Waals surface area contributed by atoms with Crippen molar-refractivity contribution in [1.29, 1.82) is 0 Å². The monoisotopic (exact) mass is 200 g/mol. The lowest BCUT2D eigenvalue weighted by molar-refractivity contribution is -0.0862. The number of hydrogen-bond donors (Lipinski definition) is 1. The minimum atomic E-state index is 0.0390. The van der Waals surface area contributed by atoms with Crippen LogP contribution in [0.5, 0.6) is 0 Å². The summed E-state index contributed by atoms with van der Waals surface area (Å²) in [7, 11) is 2.17. The average molecular weight is 200 g/mol. The fraction of sp³-hybridized carbons (Fsp3) is 1.00. The molecule has 0 spiro atoms. The first kappa shape index (κ1) is 12.0. The Labute approximate surface area is 87.8 Å². The lowest BCUT2D eigenvalue weighted by atomic mass is 9.98. The van der Waals surface area contributed by atoms with Gasteiger partial charge in [0.25, 0.3) is 0 Å². The average Bonchev–Trinajstić information content (AvgIpc) is 2.19. The molecule has 3 heteroatoms. The largest absolute Gasteiger partial charge is 0.371 e. The van der Waals surface area contributed by atoms with Gasteiger partial charge < -0.3 is 15.0 Å². The highest BCUT2D eigenvalue weighted by Gasteiger charge is 2.32. The van der Waals surface area contributed by atoms with Crippen LogP contribution in [-0.2, 0) is 4.74 Å². The predicted molar refractivity (Wildman–Crippen MR) is 59.6 cm³/mol. The Hall–Kier alpha value is -0.120. The zero-order valence-electron chi connectivity index (χ0n) is 9.97. The summed E-state index contributed by atoms with van der Waals surface area (Å²) < 4.78 is 5.93. The molecule has 1 unspecified atom stereocenters. The van der Waals surface area contributed by atoms with Gasteiger partial charge in [0.1, 0.15) is 0 Å². The van der Waals surface area contributed by atoms with Crippen molar-refractivity contribution in [3.05, 3.63) is 0 Å². The van der Waals surface area contributed by atoms with Crippen LogP contribution in [0.2, 0.25) is 0 Å². The quantitative estimate of drug-likeness (QED) is 0.735. The van der Waals surface area contributed by atoms with Crippen LogP contribution in [0.4, 0.5) is 0 Å². The second-order valence-corrected chi connectivity index (χ2v) is 4.57. The summed E-state index contributed by atoms with van der Waals surface area (Å²) in [4.78, 5) is 2.36. The molecule has 1 aliphatic rings. The van der Waals surface area contributed by atoms with E-state index >= 15 is 0 Å². The second-order valence-electron chi connectivity index (χ2n) is 4.57. The molecule has 1 atom stereocenters. The number of rotatable bonds is 4. The molecule has 1 N–H and O–H groups in total. The third kappa shape index (κ3) is 2.94. The first-order valence-corrected chi connectivity index (χ1v) is 5.64. The number of nitrogens with one attached hydrogen (secondary N) is 1. The first-order chi connectivity index (χ1) is 6.59. The number of likely N-dealkylation sites (N-methyl/N-ethyl adjacent to an activating group) is 1. The molecule has 0 aliphatic carbocycles. The van der Waals surface area contributed by atoms with Crippen LogP contribution in [0.25, 0.3) is 0 Å². The molecule has 0 aromatic heterocycles. The van der Waals surface area contributed by atoms with Crippen LogP contribution in [0.15, 0.2) is 0 Å². The van der Waals surface area contributed by atoms with Gasteiger partial charge in [-0.1, -0.05) is 6.92 Å². The standard InChI is InChI=1S/C11H24N2O/c1-5-11(8-12-6-7-14-11)9-13(4)10(2)3/h10,12H,5-9H2,1-4H3. The molecule has 0 aromatic carbocycles. The van der Waals surface area contributed by atoms with Crippen LogP contribution in [0.3, 0.4) is 0 Å². The second kappa shape index (κ2) is 5.10. The molecule has 1 fully saturated rings. The highest BCUT2D eigenvalue weighted by atomic mass is 16.5. The van der Waals surface area contributed by atoms with E-state index in [-0.39, 0.29) is 5.60 Å². The minimum absolute atomic E-state index is 0.0390. The van der Waals surface area contributed by atoms with Gasteiger partial charge in [0.2, 0.25) is 0 Å². The van der Waals surface area contributed by atoms with E-state index in [0.29, 0.717) is 6.04 Å². The van der Waals surface area contributed by atoms with E-state index in [4.69, 9.17) is 4.74 Å². The molecule has 3 nitrogen and oxygen atoms in total. The van der Waals surface area contributed by atoms with Crippen molar-refractivity contribution in [3.63, 3.8) is 0 Å². The van der Waals surface area contributed by atoms with E-state index in [0.717, 1.165) is 32.7 Å². The Morgan fingerprint density at radius 1 is 1.50 bits per heavy atom. The lowest BCUT2D eigenvalue weighted by Gasteiger charge is -2.40. The van der Waals surface area contributed by atoms with E-state index in [1.165, 1.54) is 0 Å². The highest BCUT2D eigenvalue weighted by Crippen LogP contribution is 2.19. The summed E-state index contributed by atoms with van der Waals surface area (Å²) in [5.41, 5.74) is 0.0390. The zero-order chi connectivity index (χ0) is 10.6. The van der Waals surface area contributed by atoms with Crippen LogP contribution in [-0.4, -0.2) is 49.8 Å². The summed E-state index contributed by atoms with van der Waals surface area (Å²) in [6, 6.07) is 0.587. The Balaban J connectivity index is 2.51. The van der Waals surface area contributed by atoms with E-state index < -0.39 is 0 Å². The maximum Gasteiger partial charge on any atom is 0.0930 e. The molecular formula is C11H24N2O. The summed E-state index contributed by atoms with van der Waals surface area (Å²) >= 11 is 0. The molecule has 0 aromatic rings. The van der Waals surface area contributed by atoms with Gasteiger partial charge in [0.05, 0.1) is 12.2 Å². The van der Waals surface area contributed by atoms with Gasteiger partial charge >= 0.3 is 0 Å². The molecule has 1 aliphatic heterocycles. The molecule has 1 saturated heterocycles. The smallest absolute Gasteiger partial charge is 0.0930 e. The summed E-state index contributed by atoms with van der Waals surface area (Å²) in [5.74, 6) is 0. The fourth-order valence-electron chi connectivity index (χ4n) is 1.78. The Morgan fingerprint density at radius 2 is 2.21 bits per heavy atom. The van der Waals surface area contributed by atoms with Gasteiger partial charge in [0, 0.05) is 25.7 Å². The van der Waals surface area contributed by atoms with Gasteiger partial charge in [-0.2, -0.15) is 0 Å². The van der Waals surface area contributed by atoms with Crippen molar-refractivity contribution in [2.24, 2.45) is 0 Å². The van der Waals surface area contributed by atoms with Crippen LogP contribution in [0, 0.1) is 0 Å². The van der Waals surface area contributed by atoms with E-state index in [9.17, 15) is 0 Å². The van der Waals surface area contributed by atoms with Crippen molar-refractivity contribution in [2.75, 3.05) is 33.3 Å². The van der Waals surface area contributed by atoms with Crippen molar-refractivity contribution in [2.45, 2.75) is 38.8 Å². The van der Waals surface area contributed by atoms with Crippen molar-refractivity contribution >= 4 is 0 Å². The minimum Gasteiger partial charge on any atom is -0.371 e. The molecule has 1 heterocycles. The van der Waals surface area contributed by atoms with Crippen LogP contribution >= 0.6 is 0 Å². The normalized spacial score (nSPS) is 28.7. The third-order valence-corrected chi connectivity index (χ3v) is 3.20. The summed E-state index contributed by atoms with van der Waals surface area (Å²) in [5, 5.41) is 3.42. The molecule has 1 rings (SSSR count). The predicted octanol–water partition coefficient (Wildman–Crippen LogP) is 1.10. The molecule has 0 saturated carbocycles. The fourth-order valence-corrected chi connectivity index (χ4v) is 1.78. The van der Waals surface area contributed by atoms with Crippen molar-refractivity contribution in [3.8, 4) is 0 Å². The molecule has 84 valence electrons. The van der Waals surface area contributed by atoms with E-state index in [1.54, 1.807) is 0 Å². The Bertz CT molecular complexity index is 165. The maximum atomic E-state index is 5.93. The highest BCUT2D eigenvalue weighted by molar-refractivity contribution is 4.88. The Morgan fingerprint density at radius 3 is 2.64 bits per heavy atom. The topological polar surface area (TPSA) is 24.5 Å². The van der Waals surface area contributed by atoms with Crippen LogP contribution in [0.1, 0.15) is 27.2 Å². The third-order valence-electron chi connectivity index (χ3n) is 3.20. The maximum absolute atomic E-state index is 5.93. The molecule has 0 bridgehead atoms. The van der Waals surface area contributed by atoms with Gasteiger partial charge in [-0.25, -0.2) is 0 Å². The number of morpholine rings is 1. The number of nitrogens with zero attached hydrogens (tertiary/aromatic N) is 1.